The fourth-order valence-corrected chi connectivity index (χ4v) is 6.45. The van der Waals surface area contributed by atoms with Gasteiger partial charge in [0, 0.05) is 11.6 Å². The third kappa shape index (κ3) is 6.31. The molecule has 0 radical (unpaired) electrons. The molecule has 0 aliphatic carbocycles. The molecule has 2 atom stereocenters. The van der Waals surface area contributed by atoms with Crippen LogP contribution in [0.2, 0.25) is 15.1 Å². The summed E-state index contributed by atoms with van der Waals surface area (Å²) in [6.45, 7) is 4.76. The number of hydrogen-bond donors (Lipinski definition) is 1. The van der Waals surface area contributed by atoms with Crippen LogP contribution in [-0.2, 0) is 16.8 Å². The maximum absolute atomic E-state index is 13.6. The van der Waals surface area contributed by atoms with E-state index in [4.69, 9.17) is 45.3 Å². The standard InChI is InChI=1S/C31H35Cl3N2O2/c1-3-22(23-9-12-28(33)29(34)17-23)19-31(30(35)37,25-5-4-6-26(32)18-25)24-13-15-36(16-14-24)20-21-7-10-27(38-2)11-8-21/h4-12,17-18,22,24H,3,13-16,19-20H2,1-2H3,(H2,35,37). The van der Waals surface area contributed by atoms with Crippen molar-refractivity contribution in [3.63, 3.8) is 0 Å². The lowest BCUT2D eigenvalue weighted by molar-refractivity contribution is -0.127. The Morgan fingerprint density at radius 1 is 1.03 bits per heavy atom. The summed E-state index contributed by atoms with van der Waals surface area (Å²) in [5.41, 5.74) is 8.69. The number of carbonyl (C=O) groups excluding carboxylic acids is 1. The number of primary amides is 1. The number of methoxy groups -OCH3 is 1. The molecule has 202 valence electrons. The molecule has 4 nitrogen and oxygen atoms in total. The molecule has 3 aromatic rings. The molecule has 2 unspecified atom stereocenters. The second-order valence-electron chi connectivity index (χ2n) is 10.2. The van der Waals surface area contributed by atoms with Crippen LogP contribution in [0.1, 0.15) is 55.2 Å². The number of nitrogens with two attached hydrogens (primary N) is 1. The summed E-state index contributed by atoms with van der Waals surface area (Å²) in [5.74, 6) is 0.718. The fraction of sp³-hybridized carbons (Fsp3) is 0.387. The molecule has 1 aliphatic heterocycles. The van der Waals surface area contributed by atoms with E-state index in [2.05, 4.69) is 24.0 Å². The molecule has 0 saturated carbocycles. The number of carbonyl (C=O) groups is 1. The molecule has 0 spiro atoms. The molecule has 38 heavy (non-hydrogen) atoms. The lowest BCUT2D eigenvalue weighted by Crippen LogP contribution is -2.51. The number of piperidine rings is 1. The smallest absolute Gasteiger partial charge is 0.228 e. The van der Waals surface area contributed by atoms with Crippen LogP contribution in [0.5, 0.6) is 5.75 Å². The van der Waals surface area contributed by atoms with Crippen molar-refractivity contribution in [3.8, 4) is 5.75 Å². The monoisotopic (exact) mass is 572 g/mol. The van der Waals surface area contributed by atoms with E-state index in [0.717, 1.165) is 55.8 Å². The van der Waals surface area contributed by atoms with Crippen molar-refractivity contribution in [3.05, 3.63) is 98.5 Å². The number of benzene rings is 3. The van der Waals surface area contributed by atoms with Crippen LogP contribution in [0.25, 0.3) is 0 Å². The lowest BCUT2D eigenvalue weighted by Gasteiger charge is -2.45. The zero-order chi connectivity index (χ0) is 27.3. The van der Waals surface area contributed by atoms with Gasteiger partial charge in [0.2, 0.25) is 5.91 Å². The topological polar surface area (TPSA) is 55.6 Å². The maximum atomic E-state index is 13.6. The normalized spacial score (nSPS) is 17.1. The van der Waals surface area contributed by atoms with Crippen molar-refractivity contribution in [2.24, 2.45) is 11.7 Å². The van der Waals surface area contributed by atoms with Gasteiger partial charge >= 0.3 is 0 Å². The van der Waals surface area contributed by atoms with Crippen molar-refractivity contribution >= 4 is 40.7 Å². The first-order chi connectivity index (χ1) is 18.3. The summed E-state index contributed by atoms with van der Waals surface area (Å²) in [5, 5.41) is 1.64. The molecule has 1 amide bonds. The van der Waals surface area contributed by atoms with Gasteiger partial charge in [0.25, 0.3) is 0 Å². The number of amides is 1. The summed E-state index contributed by atoms with van der Waals surface area (Å²) in [6.07, 6.45) is 3.15. The highest BCUT2D eigenvalue weighted by Gasteiger charge is 2.48. The summed E-state index contributed by atoms with van der Waals surface area (Å²) in [4.78, 5) is 16.0. The molecule has 1 heterocycles. The van der Waals surface area contributed by atoms with Gasteiger partial charge in [-0.05, 0) is 104 Å². The van der Waals surface area contributed by atoms with Gasteiger partial charge in [-0.2, -0.15) is 0 Å². The Bertz CT molecular complexity index is 1240. The van der Waals surface area contributed by atoms with Crippen LogP contribution < -0.4 is 10.5 Å². The van der Waals surface area contributed by atoms with Gasteiger partial charge < -0.3 is 10.5 Å². The first-order valence-electron chi connectivity index (χ1n) is 13.1. The first-order valence-corrected chi connectivity index (χ1v) is 14.3. The third-order valence-corrected chi connectivity index (χ3v) is 9.08. The van der Waals surface area contributed by atoms with Crippen LogP contribution in [0.15, 0.2) is 66.7 Å². The number of rotatable bonds is 10. The van der Waals surface area contributed by atoms with Crippen molar-refractivity contribution in [1.82, 2.24) is 4.90 Å². The molecule has 3 aromatic carbocycles. The van der Waals surface area contributed by atoms with Crippen molar-refractivity contribution in [2.45, 2.75) is 50.5 Å². The highest BCUT2D eigenvalue weighted by atomic mass is 35.5. The van der Waals surface area contributed by atoms with E-state index >= 15 is 0 Å². The van der Waals surface area contributed by atoms with Gasteiger partial charge in [0.05, 0.1) is 22.6 Å². The van der Waals surface area contributed by atoms with Crippen molar-refractivity contribution < 1.29 is 9.53 Å². The second-order valence-corrected chi connectivity index (χ2v) is 11.5. The minimum absolute atomic E-state index is 0.0774. The molecular weight excluding hydrogens is 539 g/mol. The average molecular weight is 574 g/mol. The molecular formula is C31H35Cl3N2O2. The van der Waals surface area contributed by atoms with Crippen molar-refractivity contribution in [2.75, 3.05) is 20.2 Å². The van der Waals surface area contributed by atoms with Gasteiger partial charge in [0.15, 0.2) is 0 Å². The number of hydrogen-bond acceptors (Lipinski definition) is 3. The fourth-order valence-electron chi connectivity index (χ4n) is 5.96. The number of likely N-dealkylation sites (tertiary alicyclic amines) is 1. The Hall–Kier alpha value is -2.24. The SMILES string of the molecule is CCC(CC(C(N)=O)(c1cccc(Cl)c1)C1CCN(Cc2ccc(OC)cc2)CC1)c1ccc(Cl)c(Cl)c1. The Kier molecular flexibility index (Phi) is 9.64. The van der Waals surface area contributed by atoms with Gasteiger partial charge in [-0.1, -0.05) is 72.1 Å². The summed E-state index contributed by atoms with van der Waals surface area (Å²) in [6, 6.07) is 21.6. The van der Waals surface area contributed by atoms with Crippen LogP contribution in [-0.4, -0.2) is 31.0 Å². The predicted octanol–water partition coefficient (Wildman–Crippen LogP) is 7.87. The summed E-state index contributed by atoms with van der Waals surface area (Å²) < 4.78 is 5.29. The number of halogens is 3. The van der Waals surface area contributed by atoms with E-state index in [-0.39, 0.29) is 17.7 Å². The first kappa shape index (κ1) is 28.8. The van der Waals surface area contributed by atoms with Crippen LogP contribution in [0.4, 0.5) is 0 Å². The number of nitrogens with zero attached hydrogens (tertiary/aromatic N) is 1. The average Bonchev–Trinajstić information content (AvgIpc) is 2.92. The maximum Gasteiger partial charge on any atom is 0.228 e. The van der Waals surface area contributed by atoms with E-state index in [1.807, 2.05) is 54.6 Å². The predicted molar refractivity (Wildman–Crippen MR) is 157 cm³/mol. The largest absolute Gasteiger partial charge is 0.497 e. The molecule has 0 aromatic heterocycles. The highest BCUT2D eigenvalue weighted by Crippen LogP contribution is 2.47. The van der Waals surface area contributed by atoms with Gasteiger partial charge in [-0.15, -0.1) is 0 Å². The van der Waals surface area contributed by atoms with Crippen molar-refractivity contribution in [1.29, 1.82) is 0 Å². The Morgan fingerprint density at radius 3 is 2.32 bits per heavy atom. The third-order valence-electron chi connectivity index (χ3n) is 8.11. The van der Waals surface area contributed by atoms with Crippen LogP contribution in [0, 0.1) is 5.92 Å². The zero-order valence-electron chi connectivity index (χ0n) is 21.9. The lowest BCUT2D eigenvalue weighted by atomic mass is 9.61. The van der Waals surface area contributed by atoms with E-state index in [1.54, 1.807) is 7.11 Å². The summed E-state index contributed by atoms with van der Waals surface area (Å²) >= 11 is 19.0. The molecule has 0 bridgehead atoms. The van der Waals surface area contributed by atoms with Gasteiger partial charge in [0.1, 0.15) is 5.75 Å². The van der Waals surface area contributed by atoms with Gasteiger partial charge in [-0.3, -0.25) is 9.69 Å². The molecule has 4 rings (SSSR count). The van der Waals surface area contributed by atoms with Crippen LogP contribution >= 0.6 is 34.8 Å². The quantitative estimate of drug-likeness (QED) is 0.268. The van der Waals surface area contributed by atoms with E-state index in [1.165, 1.54) is 5.56 Å². The van der Waals surface area contributed by atoms with E-state index in [0.29, 0.717) is 21.5 Å². The van der Waals surface area contributed by atoms with E-state index in [9.17, 15) is 4.79 Å². The number of ether oxygens (including phenoxy) is 1. The molecule has 1 saturated heterocycles. The van der Waals surface area contributed by atoms with Gasteiger partial charge in [-0.25, -0.2) is 0 Å². The molecule has 1 fully saturated rings. The second kappa shape index (κ2) is 12.7. The summed E-state index contributed by atoms with van der Waals surface area (Å²) in [7, 11) is 1.68. The van der Waals surface area contributed by atoms with Crippen LogP contribution in [0.3, 0.4) is 0 Å². The zero-order valence-corrected chi connectivity index (χ0v) is 24.2. The molecule has 7 heteroatoms. The van der Waals surface area contributed by atoms with E-state index < -0.39 is 5.41 Å². The Balaban J connectivity index is 1.63. The Labute approximate surface area is 241 Å². The molecule has 1 aliphatic rings. The highest BCUT2D eigenvalue weighted by molar-refractivity contribution is 6.42. The Morgan fingerprint density at radius 2 is 1.74 bits per heavy atom. The minimum atomic E-state index is -0.857. The minimum Gasteiger partial charge on any atom is -0.497 e. The molecule has 2 N–H and O–H groups in total.